The van der Waals surface area contributed by atoms with Gasteiger partial charge < -0.3 is 4.74 Å². The normalized spacial score (nSPS) is 16.9. The molecule has 0 spiro atoms. The molecule has 1 aromatic rings. The molecule has 1 aromatic carbocycles. The third kappa shape index (κ3) is 3.91. The molecule has 24 heavy (non-hydrogen) atoms. The predicted octanol–water partition coefficient (Wildman–Crippen LogP) is 2.87. The highest BCUT2D eigenvalue weighted by atomic mass is 32.2. The fourth-order valence-electron chi connectivity index (χ4n) is 2.12. The van der Waals surface area contributed by atoms with E-state index in [0.717, 1.165) is 0 Å². The first kappa shape index (κ1) is 17.9. The van der Waals surface area contributed by atoms with E-state index < -0.39 is 10.1 Å². The minimum absolute atomic E-state index is 0.00189. The van der Waals surface area contributed by atoms with Crippen molar-refractivity contribution in [1.82, 2.24) is 0 Å². The van der Waals surface area contributed by atoms with E-state index in [4.69, 9.17) is 9.02 Å². The molecule has 0 aliphatic heterocycles. The molecule has 0 aromatic heterocycles. The van der Waals surface area contributed by atoms with Gasteiger partial charge >= 0.3 is 10.1 Å². The summed E-state index contributed by atoms with van der Waals surface area (Å²) in [5.74, 6) is 0.299. The largest absolute Gasteiger partial charge is 0.497 e. The van der Waals surface area contributed by atoms with Gasteiger partial charge in [-0.2, -0.15) is 8.42 Å². The maximum Gasteiger partial charge on any atom is 0.358 e. The van der Waals surface area contributed by atoms with Crippen LogP contribution in [0.15, 0.2) is 57.6 Å². The molecule has 6 nitrogen and oxygen atoms in total. The average Bonchev–Trinajstić information content (AvgIpc) is 2.53. The summed E-state index contributed by atoms with van der Waals surface area (Å²) in [6, 6.07) is 5.91. The monoisotopic (exact) mass is 349 g/mol. The topological polar surface area (TPSA) is 82.0 Å². The zero-order valence-corrected chi connectivity index (χ0v) is 14.8. The summed E-state index contributed by atoms with van der Waals surface area (Å²) in [6.07, 6.45) is 2.99. The van der Waals surface area contributed by atoms with E-state index in [-0.39, 0.29) is 16.6 Å². The van der Waals surface area contributed by atoms with E-state index in [1.165, 1.54) is 25.3 Å². The zero-order valence-electron chi connectivity index (χ0n) is 13.9. The second kappa shape index (κ2) is 7.00. The maximum absolute atomic E-state index is 12.2. The van der Waals surface area contributed by atoms with Gasteiger partial charge in [0.15, 0.2) is 5.78 Å². The van der Waals surface area contributed by atoms with Gasteiger partial charge in [-0.15, -0.1) is 0 Å². The van der Waals surface area contributed by atoms with Gasteiger partial charge in [-0.3, -0.25) is 9.08 Å². The molecule has 0 N–H and O–H groups in total. The van der Waals surface area contributed by atoms with Crippen molar-refractivity contribution in [1.29, 1.82) is 0 Å². The van der Waals surface area contributed by atoms with Crippen molar-refractivity contribution in [2.75, 3.05) is 7.11 Å². The number of rotatable bonds is 5. The molecule has 0 radical (unpaired) electrons. The second-order valence-corrected chi connectivity index (χ2v) is 7.16. The van der Waals surface area contributed by atoms with E-state index in [1.807, 2.05) is 13.8 Å². The van der Waals surface area contributed by atoms with Crippen LogP contribution in [0.1, 0.15) is 20.8 Å². The van der Waals surface area contributed by atoms with Crippen molar-refractivity contribution in [3.8, 4) is 5.75 Å². The molecule has 7 heteroatoms. The molecule has 0 saturated carbocycles. The number of carbonyl (C=O) groups excluding carboxylic acids is 1. The van der Waals surface area contributed by atoms with Crippen molar-refractivity contribution in [3.63, 3.8) is 0 Å². The Labute approximate surface area is 141 Å². The van der Waals surface area contributed by atoms with Gasteiger partial charge in [0.05, 0.1) is 7.11 Å². The van der Waals surface area contributed by atoms with Crippen molar-refractivity contribution < 1.29 is 22.2 Å². The van der Waals surface area contributed by atoms with E-state index in [9.17, 15) is 13.2 Å². The molecule has 0 unspecified atom stereocenters. The Hall–Kier alpha value is -2.41. The smallest absolute Gasteiger partial charge is 0.358 e. The number of carbonyl (C=O) groups is 1. The van der Waals surface area contributed by atoms with E-state index >= 15 is 0 Å². The number of ketones is 1. The van der Waals surface area contributed by atoms with Gasteiger partial charge in [-0.25, -0.2) is 0 Å². The molecule has 0 bridgehead atoms. The summed E-state index contributed by atoms with van der Waals surface area (Å²) < 4.78 is 34.3. The quantitative estimate of drug-likeness (QED) is 0.603. The maximum atomic E-state index is 12.2. The summed E-state index contributed by atoms with van der Waals surface area (Å²) in [5.41, 5.74) is 1.41. The summed E-state index contributed by atoms with van der Waals surface area (Å²) in [6.45, 7) is 5.43. The molecule has 0 atom stereocenters. The molecule has 1 aliphatic carbocycles. The average molecular weight is 349 g/mol. The third-order valence-corrected chi connectivity index (χ3v) is 4.62. The molecule has 128 valence electrons. The fraction of sp³-hybridized carbons (Fsp3) is 0.294. The Morgan fingerprint density at radius 3 is 2.50 bits per heavy atom. The highest BCUT2D eigenvalue weighted by Gasteiger charge is 2.21. The first-order chi connectivity index (χ1) is 11.2. The van der Waals surface area contributed by atoms with Crippen LogP contribution in [0.25, 0.3) is 0 Å². The fourth-order valence-corrected chi connectivity index (χ4v) is 2.89. The van der Waals surface area contributed by atoms with Gasteiger partial charge in [-0.05, 0) is 42.7 Å². The lowest BCUT2D eigenvalue weighted by Gasteiger charge is -2.14. The van der Waals surface area contributed by atoms with Crippen LogP contribution < -0.4 is 4.74 Å². The summed E-state index contributed by atoms with van der Waals surface area (Å²) in [4.78, 5) is 11.9. The van der Waals surface area contributed by atoms with Crippen LogP contribution in [0.5, 0.6) is 5.75 Å². The molecular formula is C17H19NO5S. The summed E-state index contributed by atoms with van der Waals surface area (Å²) in [7, 11) is -2.63. The number of hydrogen-bond donors (Lipinski definition) is 0. The van der Waals surface area contributed by atoms with E-state index in [0.29, 0.717) is 22.6 Å². The van der Waals surface area contributed by atoms with Crippen molar-refractivity contribution in [3.05, 3.63) is 47.6 Å². The van der Waals surface area contributed by atoms with Crippen LogP contribution in [-0.2, 0) is 19.2 Å². The lowest BCUT2D eigenvalue weighted by molar-refractivity contribution is -0.111. The number of benzene rings is 1. The lowest BCUT2D eigenvalue weighted by Crippen LogP contribution is -2.16. The number of nitrogens with zero attached hydrogens (tertiary/aromatic N) is 1. The predicted molar refractivity (Wildman–Crippen MR) is 90.4 cm³/mol. The van der Waals surface area contributed by atoms with Gasteiger partial charge in [0.2, 0.25) is 0 Å². The molecule has 1 aliphatic rings. The summed E-state index contributed by atoms with van der Waals surface area (Å²) in [5, 5.41) is 3.73. The first-order valence-electron chi connectivity index (χ1n) is 7.35. The Morgan fingerprint density at radius 1 is 1.17 bits per heavy atom. The van der Waals surface area contributed by atoms with Gasteiger partial charge in [0, 0.05) is 11.6 Å². The van der Waals surface area contributed by atoms with Crippen molar-refractivity contribution in [2.45, 2.75) is 25.7 Å². The van der Waals surface area contributed by atoms with Gasteiger partial charge in [0.1, 0.15) is 16.4 Å². The zero-order chi connectivity index (χ0) is 17.9. The van der Waals surface area contributed by atoms with Crippen LogP contribution in [0, 0.1) is 5.92 Å². The SMILES string of the molecule is COc1cccc(S(=O)(=O)O/N=C2\C=C(C(C)C)C(=O)C=C2C)c1. The van der Waals surface area contributed by atoms with Gasteiger partial charge in [-0.1, -0.05) is 25.1 Å². The highest BCUT2D eigenvalue weighted by molar-refractivity contribution is 7.86. The third-order valence-electron chi connectivity index (χ3n) is 3.51. The van der Waals surface area contributed by atoms with Crippen LogP contribution in [0.4, 0.5) is 0 Å². The minimum atomic E-state index is -4.08. The Balaban J connectivity index is 2.31. The second-order valence-electron chi connectivity index (χ2n) is 5.63. The van der Waals surface area contributed by atoms with Gasteiger partial charge in [0.25, 0.3) is 0 Å². The minimum Gasteiger partial charge on any atom is -0.497 e. The van der Waals surface area contributed by atoms with E-state index in [1.54, 1.807) is 25.1 Å². The standard InChI is InChI=1S/C17H19NO5S/c1-11(2)15-10-16(12(3)8-17(15)19)18-23-24(20,21)14-7-5-6-13(9-14)22-4/h5-11H,1-4H3/b18-16+. The highest BCUT2D eigenvalue weighted by Crippen LogP contribution is 2.22. The number of ether oxygens (including phenoxy) is 1. The number of hydrogen-bond acceptors (Lipinski definition) is 6. The van der Waals surface area contributed by atoms with Crippen LogP contribution in [0.3, 0.4) is 0 Å². The lowest BCUT2D eigenvalue weighted by atomic mass is 9.90. The van der Waals surface area contributed by atoms with Crippen molar-refractivity contribution in [2.24, 2.45) is 11.1 Å². The molecule has 0 amide bonds. The summed E-state index contributed by atoms with van der Waals surface area (Å²) >= 11 is 0. The molecule has 0 saturated heterocycles. The first-order valence-corrected chi connectivity index (χ1v) is 8.75. The van der Waals surface area contributed by atoms with Crippen molar-refractivity contribution >= 4 is 21.6 Å². The number of methoxy groups -OCH3 is 1. The van der Waals surface area contributed by atoms with Crippen LogP contribution in [0.2, 0.25) is 0 Å². The number of allylic oxidation sites excluding steroid dienone is 4. The Morgan fingerprint density at radius 2 is 1.88 bits per heavy atom. The van der Waals surface area contributed by atoms with E-state index in [2.05, 4.69) is 5.16 Å². The Bertz CT molecular complexity index is 847. The molecule has 0 fully saturated rings. The molecule has 0 heterocycles. The van der Waals surface area contributed by atoms with Crippen LogP contribution in [-0.4, -0.2) is 27.0 Å². The number of oxime groups is 1. The Kier molecular flexibility index (Phi) is 5.23. The van der Waals surface area contributed by atoms with Crippen LogP contribution >= 0.6 is 0 Å². The molecule has 2 rings (SSSR count). The molecular weight excluding hydrogens is 330 g/mol.